The van der Waals surface area contributed by atoms with Crippen LogP contribution in [0, 0.1) is 6.92 Å². The molecule has 0 N–H and O–H groups in total. The molecule has 1 aromatic carbocycles. The highest BCUT2D eigenvalue weighted by molar-refractivity contribution is 5.94. The first-order chi connectivity index (χ1) is 12.0. The third-order valence-electron chi connectivity index (χ3n) is 4.62. The zero-order valence-corrected chi connectivity index (χ0v) is 15.4. The minimum Gasteiger partial charge on any atom is -0.332 e. The van der Waals surface area contributed by atoms with Crippen LogP contribution in [-0.2, 0) is 13.0 Å². The van der Waals surface area contributed by atoms with E-state index in [0.717, 1.165) is 29.0 Å². The topological polar surface area (TPSA) is 37.6 Å². The lowest BCUT2D eigenvalue weighted by Gasteiger charge is -2.27. The van der Waals surface area contributed by atoms with Crippen LogP contribution in [-0.4, -0.2) is 26.2 Å². The largest absolute Gasteiger partial charge is 0.332 e. The summed E-state index contributed by atoms with van der Waals surface area (Å²) in [6.07, 6.45) is 2.81. The highest BCUT2D eigenvalue weighted by atomic mass is 16.2. The SMILES string of the molecule is CCc1nc2ccc(C(=O)N(Cc3ccccc3)C(C)C)cn2c1C. The third kappa shape index (κ3) is 3.43. The summed E-state index contributed by atoms with van der Waals surface area (Å²) in [5, 5.41) is 0. The van der Waals surface area contributed by atoms with Crippen LogP contribution >= 0.6 is 0 Å². The van der Waals surface area contributed by atoms with Gasteiger partial charge in [-0.25, -0.2) is 4.98 Å². The normalized spacial score (nSPS) is 11.2. The molecular weight excluding hydrogens is 310 g/mol. The summed E-state index contributed by atoms with van der Waals surface area (Å²) in [6.45, 7) is 8.87. The monoisotopic (exact) mass is 335 g/mol. The minimum absolute atomic E-state index is 0.0481. The van der Waals surface area contributed by atoms with Crippen molar-refractivity contribution in [2.24, 2.45) is 0 Å². The molecule has 0 aliphatic rings. The molecule has 0 fully saturated rings. The summed E-state index contributed by atoms with van der Waals surface area (Å²) in [7, 11) is 0. The van der Waals surface area contributed by atoms with E-state index in [9.17, 15) is 4.79 Å². The van der Waals surface area contributed by atoms with Gasteiger partial charge in [0.15, 0.2) is 0 Å². The van der Waals surface area contributed by atoms with Gasteiger partial charge < -0.3 is 9.30 Å². The number of benzene rings is 1. The Kier molecular flexibility index (Phi) is 4.88. The second-order valence-corrected chi connectivity index (χ2v) is 6.66. The van der Waals surface area contributed by atoms with Gasteiger partial charge in [0.05, 0.1) is 11.3 Å². The second-order valence-electron chi connectivity index (χ2n) is 6.66. The minimum atomic E-state index is 0.0481. The number of aromatic nitrogens is 2. The zero-order valence-electron chi connectivity index (χ0n) is 15.4. The number of amides is 1. The molecule has 130 valence electrons. The summed E-state index contributed by atoms with van der Waals surface area (Å²) in [6, 6.07) is 14.0. The van der Waals surface area contributed by atoms with Crippen molar-refractivity contribution in [3.63, 3.8) is 0 Å². The zero-order chi connectivity index (χ0) is 18.0. The summed E-state index contributed by atoms with van der Waals surface area (Å²) in [5.74, 6) is 0.0481. The molecule has 0 atom stereocenters. The Balaban J connectivity index is 1.94. The molecule has 4 nitrogen and oxygen atoms in total. The molecule has 3 aromatic rings. The molecule has 0 saturated carbocycles. The first kappa shape index (κ1) is 17.2. The molecule has 0 bridgehead atoms. The Morgan fingerprint density at radius 2 is 1.88 bits per heavy atom. The molecule has 1 amide bonds. The quantitative estimate of drug-likeness (QED) is 0.699. The molecule has 0 radical (unpaired) electrons. The van der Waals surface area contributed by atoms with Gasteiger partial charge in [0.1, 0.15) is 5.65 Å². The number of nitrogens with zero attached hydrogens (tertiary/aromatic N) is 3. The van der Waals surface area contributed by atoms with Crippen molar-refractivity contribution in [3.8, 4) is 0 Å². The maximum absolute atomic E-state index is 13.1. The Hall–Kier alpha value is -2.62. The van der Waals surface area contributed by atoms with Gasteiger partial charge in [0, 0.05) is 24.5 Å². The average Bonchev–Trinajstić information content (AvgIpc) is 2.95. The van der Waals surface area contributed by atoms with Crippen LogP contribution in [0.25, 0.3) is 5.65 Å². The average molecular weight is 335 g/mol. The predicted molar refractivity (Wildman–Crippen MR) is 101 cm³/mol. The molecule has 4 heteroatoms. The van der Waals surface area contributed by atoms with Crippen LogP contribution < -0.4 is 0 Å². The van der Waals surface area contributed by atoms with Gasteiger partial charge in [-0.2, -0.15) is 0 Å². The molecule has 2 aromatic heterocycles. The summed E-state index contributed by atoms with van der Waals surface area (Å²) in [4.78, 5) is 19.6. The van der Waals surface area contributed by atoms with Crippen LogP contribution in [0.1, 0.15) is 48.1 Å². The number of hydrogen-bond donors (Lipinski definition) is 0. The number of pyridine rings is 1. The van der Waals surface area contributed by atoms with Gasteiger partial charge >= 0.3 is 0 Å². The standard InChI is InChI=1S/C21H25N3O/c1-5-19-16(4)24-14-18(11-12-20(24)22-19)21(25)23(15(2)3)13-17-9-7-6-8-10-17/h6-12,14-15H,5,13H2,1-4H3. The fraction of sp³-hybridized carbons (Fsp3) is 0.333. The fourth-order valence-electron chi connectivity index (χ4n) is 3.11. The maximum atomic E-state index is 13.1. The van der Waals surface area contributed by atoms with Crippen molar-refractivity contribution in [1.29, 1.82) is 0 Å². The number of carbonyl (C=O) groups excluding carboxylic acids is 1. The van der Waals surface area contributed by atoms with E-state index >= 15 is 0 Å². The molecule has 2 heterocycles. The maximum Gasteiger partial charge on any atom is 0.255 e. The van der Waals surface area contributed by atoms with Gasteiger partial charge in [0.25, 0.3) is 5.91 Å². The third-order valence-corrected chi connectivity index (χ3v) is 4.62. The number of fused-ring (bicyclic) bond motifs is 1. The number of carbonyl (C=O) groups is 1. The number of hydrogen-bond acceptors (Lipinski definition) is 2. The number of rotatable bonds is 5. The van der Waals surface area contributed by atoms with Crippen LogP contribution in [0.3, 0.4) is 0 Å². The van der Waals surface area contributed by atoms with E-state index in [1.807, 2.05) is 45.8 Å². The predicted octanol–water partition coefficient (Wildman–Crippen LogP) is 4.26. The van der Waals surface area contributed by atoms with E-state index in [2.05, 4.69) is 44.8 Å². The van der Waals surface area contributed by atoms with Gasteiger partial charge in [-0.05, 0) is 44.9 Å². The summed E-state index contributed by atoms with van der Waals surface area (Å²) < 4.78 is 2.02. The fourth-order valence-corrected chi connectivity index (χ4v) is 3.11. The number of aryl methyl sites for hydroxylation is 2. The van der Waals surface area contributed by atoms with Crippen molar-refractivity contribution in [2.75, 3.05) is 0 Å². The molecule has 0 saturated heterocycles. The lowest BCUT2D eigenvalue weighted by Crippen LogP contribution is -2.36. The van der Waals surface area contributed by atoms with Gasteiger partial charge in [-0.15, -0.1) is 0 Å². The molecule has 3 rings (SSSR count). The second kappa shape index (κ2) is 7.09. The first-order valence-electron chi connectivity index (χ1n) is 8.83. The van der Waals surface area contributed by atoms with Gasteiger partial charge in [0.2, 0.25) is 0 Å². The molecule has 0 aliphatic heterocycles. The van der Waals surface area contributed by atoms with E-state index in [1.54, 1.807) is 0 Å². The van der Waals surface area contributed by atoms with Crippen molar-refractivity contribution < 1.29 is 4.79 Å². The Labute approximate surface area is 149 Å². The summed E-state index contributed by atoms with van der Waals surface area (Å²) in [5.41, 5.74) is 4.91. The molecule has 0 aliphatic carbocycles. The lowest BCUT2D eigenvalue weighted by atomic mass is 10.1. The highest BCUT2D eigenvalue weighted by Gasteiger charge is 2.20. The number of imidazole rings is 1. The summed E-state index contributed by atoms with van der Waals surface area (Å²) >= 11 is 0. The molecule has 25 heavy (non-hydrogen) atoms. The first-order valence-corrected chi connectivity index (χ1v) is 8.83. The molecular formula is C21H25N3O. The van der Waals surface area contributed by atoms with Crippen molar-refractivity contribution in [1.82, 2.24) is 14.3 Å². The lowest BCUT2D eigenvalue weighted by molar-refractivity contribution is 0.0690. The Morgan fingerprint density at radius 3 is 2.52 bits per heavy atom. The van der Waals surface area contributed by atoms with Crippen LogP contribution in [0.15, 0.2) is 48.7 Å². The van der Waals surface area contributed by atoms with Crippen molar-refractivity contribution >= 4 is 11.6 Å². The van der Waals surface area contributed by atoms with Gasteiger partial charge in [-0.3, -0.25) is 4.79 Å². The molecule has 0 spiro atoms. The van der Waals surface area contributed by atoms with Gasteiger partial charge in [-0.1, -0.05) is 37.3 Å². The van der Waals surface area contributed by atoms with Crippen molar-refractivity contribution in [2.45, 2.75) is 46.7 Å². The molecule has 0 unspecified atom stereocenters. The van der Waals surface area contributed by atoms with E-state index in [4.69, 9.17) is 0 Å². The van der Waals surface area contributed by atoms with E-state index in [1.165, 1.54) is 0 Å². The Morgan fingerprint density at radius 1 is 1.16 bits per heavy atom. The van der Waals surface area contributed by atoms with Crippen LogP contribution in [0.4, 0.5) is 0 Å². The van der Waals surface area contributed by atoms with Crippen molar-refractivity contribution in [3.05, 3.63) is 71.2 Å². The van der Waals surface area contributed by atoms with E-state index < -0.39 is 0 Å². The van der Waals surface area contributed by atoms with E-state index in [-0.39, 0.29) is 11.9 Å². The van der Waals surface area contributed by atoms with Crippen LogP contribution in [0.2, 0.25) is 0 Å². The van der Waals surface area contributed by atoms with Crippen LogP contribution in [0.5, 0.6) is 0 Å². The Bertz CT molecular complexity index is 881. The van der Waals surface area contributed by atoms with E-state index in [0.29, 0.717) is 12.1 Å². The highest BCUT2D eigenvalue weighted by Crippen LogP contribution is 2.17. The smallest absolute Gasteiger partial charge is 0.255 e.